The molecule has 0 saturated carbocycles. The van der Waals surface area contributed by atoms with Crippen molar-refractivity contribution in [1.29, 1.82) is 0 Å². The molecule has 226 valence electrons. The Bertz CT molecular complexity index is 2170. The predicted molar refractivity (Wildman–Crippen MR) is 183 cm³/mol. The van der Waals surface area contributed by atoms with Crippen LogP contribution < -0.4 is 4.74 Å². The predicted octanol–water partition coefficient (Wildman–Crippen LogP) is 9.79. The Balaban J connectivity index is 0.00000357. The zero-order valence-corrected chi connectivity index (χ0v) is 29.4. The van der Waals surface area contributed by atoms with Crippen LogP contribution in [0.4, 0.5) is 0 Å². The number of pyridine rings is 1. The van der Waals surface area contributed by atoms with Crippen LogP contribution in [-0.4, -0.2) is 31.8 Å². The molecule has 0 bridgehead atoms. The van der Waals surface area contributed by atoms with Gasteiger partial charge in [-0.05, 0) is 84.8 Å². The fourth-order valence-corrected chi connectivity index (χ4v) is 7.20. The van der Waals surface area contributed by atoms with E-state index in [4.69, 9.17) is 9.84 Å². The second-order valence-electron chi connectivity index (χ2n) is 10.7. The van der Waals surface area contributed by atoms with Gasteiger partial charge in [0.15, 0.2) is 0 Å². The summed E-state index contributed by atoms with van der Waals surface area (Å²) in [6, 6.07) is 35.9. The first kappa shape index (κ1) is 31.2. The van der Waals surface area contributed by atoms with E-state index < -0.39 is 0 Å². The van der Waals surface area contributed by atoms with E-state index in [1.165, 1.54) is 16.7 Å². The third-order valence-corrected chi connectivity index (χ3v) is 9.25. The zero-order valence-electron chi connectivity index (χ0n) is 25.5. The topological polar surface area (TPSA) is 44.9 Å². The summed E-state index contributed by atoms with van der Waals surface area (Å²) in [7, 11) is 0. The molecular weight excluding hydrogens is 776 g/mol. The quantitative estimate of drug-likeness (QED) is 0.119. The van der Waals surface area contributed by atoms with Gasteiger partial charge in [0.2, 0.25) is 0 Å². The van der Waals surface area contributed by atoms with Crippen LogP contribution >= 0.6 is 23.5 Å². The van der Waals surface area contributed by atoms with Crippen LogP contribution in [-0.2, 0) is 21.1 Å². The Morgan fingerprint density at radius 1 is 0.733 bits per heavy atom. The van der Waals surface area contributed by atoms with Crippen LogP contribution in [0.1, 0.15) is 16.7 Å². The molecule has 0 atom stereocenters. The van der Waals surface area contributed by atoms with Gasteiger partial charge in [0, 0.05) is 28.8 Å². The van der Waals surface area contributed by atoms with Gasteiger partial charge in [-0.1, -0.05) is 41.9 Å². The summed E-state index contributed by atoms with van der Waals surface area (Å²) in [6.07, 6.45) is 6.02. The first-order valence-corrected chi connectivity index (χ1v) is 16.8. The van der Waals surface area contributed by atoms with Crippen molar-refractivity contribution < 1.29 is 25.8 Å². The molecule has 0 unspecified atom stereocenters. The monoisotopic (exact) mass is 805 g/mol. The summed E-state index contributed by atoms with van der Waals surface area (Å²) in [5, 5.41) is 9.35. The van der Waals surface area contributed by atoms with Gasteiger partial charge in [-0.2, -0.15) is 17.2 Å². The number of aryl methyl sites for hydroxylation is 3. The van der Waals surface area contributed by atoms with Gasteiger partial charge in [0.25, 0.3) is 0 Å². The number of aromatic nitrogens is 4. The Labute approximate surface area is 286 Å². The normalized spacial score (nSPS) is 11.2. The summed E-state index contributed by atoms with van der Waals surface area (Å²) in [6.45, 7) is 6.40. The van der Waals surface area contributed by atoms with Crippen LogP contribution in [0.15, 0.2) is 101 Å². The number of benzene rings is 4. The number of thioether (sulfide) groups is 2. The Morgan fingerprint density at radius 2 is 1.49 bits per heavy atom. The number of nitrogens with zero attached hydrogens (tertiary/aromatic N) is 4. The molecular formula is C37H30N4OPtS2. The van der Waals surface area contributed by atoms with Crippen LogP contribution in [0.3, 0.4) is 0 Å². The summed E-state index contributed by atoms with van der Waals surface area (Å²) in [4.78, 5) is 4.69. The molecule has 0 amide bonds. The molecule has 0 aliphatic rings. The fraction of sp³-hybridized carbons (Fsp3) is 0.135. The second-order valence-corrected chi connectivity index (χ2v) is 12.3. The maximum atomic E-state index is 6.42. The molecule has 4 aromatic carbocycles. The summed E-state index contributed by atoms with van der Waals surface area (Å²) in [5.74, 6) is 2.05. The molecule has 0 radical (unpaired) electrons. The van der Waals surface area contributed by atoms with Crippen molar-refractivity contribution >= 4 is 45.3 Å². The number of fused-ring (bicyclic) bond motifs is 3. The zero-order chi connectivity index (χ0) is 30.4. The first-order valence-electron chi connectivity index (χ1n) is 14.3. The molecule has 5 nitrogen and oxygen atoms in total. The van der Waals surface area contributed by atoms with E-state index in [1.54, 1.807) is 23.5 Å². The first-order chi connectivity index (χ1) is 21.5. The maximum absolute atomic E-state index is 6.42. The molecule has 8 heteroatoms. The van der Waals surface area contributed by atoms with Crippen molar-refractivity contribution in [3.8, 4) is 34.1 Å². The van der Waals surface area contributed by atoms with Gasteiger partial charge < -0.3 is 9.30 Å². The third-order valence-electron chi connectivity index (χ3n) is 7.82. The third kappa shape index (κ3) is 5.63. The van der Waals surface area contributed by atoms with Crippen molar-refractivity contribution in [1.82, 2.24) is 19.3 Å². The molecule has 0 N–H and O–H groups in total. The second kappa shape index (κ2) is 12.9. The summed E-state index contributed by atoms with van der Waals surface area (Å²) < 4.78 is 10.6. The molecule has 0 fully saturated rings. The molecule has 0 aliphatic heterocycles. The molecule has 3 aromatic heterocycles. The molecule has 0 spiro atoms. The van der Waals surface area contributed by atoms with E-state index in [1.807, 2.05) is 41.2 Å². The molecule has 7 rings (SSSR count). The summed E-state index contributed by atoms with van der Waals surface area (Å²) >= 11 is 3.35. The minimum Gasteiger partial charge on any atom is -0.509 e. The SMILES string of the molecule is CSc1nn(-c2[c-]c(Oc3[c-]c4c(cc3)c3ccccc3n4-c3cc(C)ccn3)ccc2)c(SC)c1-c1c(C)cccc1C.[Pt+2]. The minimum absolute atomic E-state index is 0. The molecule has 3 heterocycles. The van der Waals surface area contributed by atoms with Crippen molar-refractivity contribution in [3.63, 3.8) is 0 Å². The number of rotatable bonds is 7. The molecule has 45 heavy (non-hydrogen) atoms. The standard InChI is InChI=1S/C37H30N4OS2.Pt/c1-23-18-19-38-33(20-23)40-31-15-7-6-14-29(31)30-17-16-28(22-32(30)40)42-27-13-9-12-26(21-27)41-37(44-5)35(36(39-41)43-4)34-24(2)10-8-11-25(34)3;/h6-20H,1-5H3;/q-2;+2. The fourth-order valence-electron chi connectivity index (χ4n) is 5.85. The van der Waals surface area contributed by atoms with Crippen molar-refractivity contribution in [2.45, 2.75) is 30.8 Å². The molecule has 0 saturated heterocycles. The molecule has 7 aromatic rings. The largest absolute Gasteiger partial charge is 2.00 e. The van der Waals surface area contributed by atoms with Gasteiger partial charge in [-0.3, -0.25) is 4.68 Å². The van der Waals surface area contributed by atoms with Crippen LogP contribution in [0.25, 0.3) is 44.4 Å². The maximum Gasteiger partial charge on any atom is 2.00 e. The van der Waals surface area contributed by atoms with Gasteiger partial charge in [0.1, 0.15) is 15.9 Å². The van der Waals surface area contributed by atoms with Crippen LogP contribution in [0, 0.1) is 32.9 Å². The smallest absolute Gasteiger partial charge is 0.509 e. The van der Waals surface area contributed by atoms with Crippen LogP contribution in [0.2, 0.25) is 0 Å². The summed E-state index contributed by atoms with van der Waals surface area (Å²) in [5.41, 5.74) is 8.83. The van der Waals surface area contributed by atoms with Crippen LogP contribution in [0.5, 0.6) is 11.5 Å². The average molecular weight is 806 g/mol. The van der Waals surface area contributed by atoms with Crippen molar-refractivity contribution in [2.24, 2.45) is 0 Å². The Morgan fingerprint density at radius 3 is 2.24 bits per heavy atom. The number of ether oxygens (including phenoxy) is 1. The minimum atomic E-state index is 0. The van der Waals surface area contributed by atoms with E-state index >= 15 is 0 Å². The van der Waals surface area contributed by atoms with E-state index in [2.05, 4.69) is 110 Å². The molecule has 0 aliphatic carbocycles. The Kier molecular flexibility index (Phi) is 8.96. The van der Waals surface area contributed by atoms with E-state index in [-0.39, 0.29) is 21.1 Å². The number of hydrogen-bond acceptors (Lipinski definition) is 5. The van der Waals surface area contributed by atoms with Gasteiger partial charge in [0.05, 0.1) is 0 Å². The number of hydrogen-bond donors (Lipinski definition) is 0. The van der Waals surface area contributed by atoms with E-state index in [0.29, 0.717) is 11.5 Å². The van der Waals surface area contributed by atoms with E-state index in [9.17, 15) is 0 Å². The van der Waals surface area contributed by atoms with Gasteiger partial charge in [-0.15, -0.1) is 59.2 Å². The number of para-hydroxylation sites is 1. The average Bonchev–Trinajstić information content (AvgIpc) is 3.56. The van der Waals surface area contributed by atoms with E-state index in [0.717, 1.165) is 54.5 Å². The van der Waals surface area contributed by atoms with Crippen molar-refractivity contribution in [2.75, 3.05) is 12.5 Å². The van der Waals surface area contributed by atoms with Gasteiger partial charge >= 0.3 is 21.1 Å². The Hall–Kier alpha value is -3.77. The van der Waals surface area contributed by atoms with Crippen molar-refractivity contribution in [3.05, 3.63) is 120 Å². The van der Waals surface area contributed by atoms with Gasteiger partial charge in [-0.25, -0.2) is 4.98 Å².